The number of methoxy groups -OCH3 is 1. The lowest BCUT2D eigenvalue weighted by molar-refractivity contribution is 0.398. The van der Waals surface area contributed by atoms with Crippen LogP contribution in [-0.2, 0) is 10.1 Å². The van der Waals surface area contributed by atoms with Crippen LogP contribution in [0, 0.1) is 3.57 Å². The van der Waals surface area contributed by atoms with Crippen molar-refractivity contribution in [2.75, 3.05) is 7.11 Å². The monoisotopic (exact) mass is 441 g/mol. The van der Waals surface area contributed by atoms with Gasteiger partial charge < -0.3 is 8.92 Å². The highest BCUT2D eigenvalue weighted by atomic mass is 127. The van der Waals surface area contributed by atoms with Gasteiger partial charge in [0.25, 0.3) is 0 Å². The van der Waals surface area contributed by atoms with Crippen LogP contribution in [0.4, 0.5) is 0 Å². The van der Waals surface area contributed by atoms with Crippen LogP contribution in [0.5, 0.6) is 11.5 Å². The van der Waals surface area contributed by atoms with Gasteiger partial charge in [-0.15, -0.1) is 0 Å². The van der Waals surface area contributed by atoms with E-state index in [0.717, 1.165) is 8.96 Å². The average molecular weight is 441 g/mol. The SMILES string of the molecule is COc1ccc(I)cc1S(=O)(=O)Oc1cccc2cccnc12. The number of ether oxygens (including phenoxy) is 1. The highest BCUT2D eigenvalue weighted by Crippen LogP contribution is 2.31. The molecule has 0 radical (unpaired) electrons. The molecule has 1 aromatic heterocycles. The van der Waals surface area contributed by atoms with Gasteiger partial charge in [0.15, 0.2) is 5.75 Å². The molecule has 3 aromatic rings. The van der Waals surface area contributed by atoms with Crippen molar-refractivity contribution in [2.45, 2.75) is 4.90 Å². The molecule has 7 heteroatoms. The molecular formula is C16H12INO4S. The Morgan fingerprint density at radius 2 is 1.83 bits per heavy atom. The first-order chi connectivity index (χ1) is 11.0. The molecule has 23 heavy (non-hydrogen) atoms. The van der Waals surface area contributed by atoms with E-state index in [-0.39, 0.29) is 16.4 Å². The first-order valence-corrected chi connectivity index (χ1v) is 9.12. The van der Waals surface area contributed by atoms with Gasteiger partial charge in [0.2, 0.25) is 0 Å². The number of halogens is 1. The first kappa shape index (κ1) is 16.0. The van der Waals surface area contributed by atoms with Gasteiger partial charge in [-0.1, -0.05) is 18.2 Å². The zero-order chi connectivity index (χ0) is 16.4. The highest BCUT2D eigenvalue weighted by molar-refractivity contribution is 14.1. The third-order valence-corrected chi connectivity index (χ3v) is 5.12. The Bertz CT molecular complexity index is 967. The number of rotatable bonds is 4. The van der Waals surface area contributed by atoms with Gasteiger partial charge in [-0.3, -0.25) is 4.98 Å². The summed E-state index contributed by atoms with van der Waals surface area (Å²) in [6.07, 6.45) is 1.59. The Morgan fingerprint density at radius 1 is 1.04 bits per heavy atom. The molecule has 2 aromatic carbocycles. The standard InChI is InChI=1S/C16H12INO4S/c1-21-13-8-7-12(17)10-15(13)23(19,20)22-14-6-2-4-11-5-3-9-18-16(11)14/h2-10H,1H3. The van der Waals surface area contributed by atoms with E-state index in [1.165, 1.54) is 13.2 Å². The van der Waals surface area contributed by atoms with Crippen LogP contribution in [0.25, 0.3) is 10.9 Å². The molecule has 0 amide bonds. The molecule has 3 rings (SSSR count). The molecule has 0 fully saturated rings. The lowest BCUT2D eigenvalue weighted by Crippen LogP contribution is -2.12. The van der Waals surface area contributed by atoms with Crippen molar-refractivity contribution in [3.05, 3.63) is 58.3 Å². The normalized spacial score (nSPS) is 11.4. The fourth-order valence-electron chi connectivity index (χ4n) is 2.15. The number of aromatic nitrogens is 1. The molecule has 5 nitrogen and oxygen atoms in total. The summed E-state index contributed by atoms with van der Waals surface area (Å²) >= 11 is 2.04. The van der Waals surface area contributed by atoms with Crippen molar-refractivity contribution in [3.63, 3.8) is 0 Å². The van der Waals surface area contributed by atoms with Crippen LogP contribution in [0.1, 0.15) is 0 Å². The summed E-state index contributed by atoms with van der Waals surface area (Å²) < 4.78 is 36.5. The molecule has 0 aliphatic carbocycles. The minimum absolute atomic E-state index is 0.0140. The summed E-state index contributed by atoms with van der Waals surface area (Å²) in [7, 11) is -2.62. The van der Waals surface area contributed by atoms with Crippen molar-refractivity contribution in [2.24, 2.45) is 0 Å². The smallest absolute Gasteiger partial charge is 0.343 e. The second kappa shape index (κ2) is 6.32. The molecule has 0 spiro atoms. The van der Waals surface area contributed by atoms with Crippen molar-refractivity contribution < 1.29 is 17.3 Å². The van der Waals surface area contributed by atoms with E-state index in [4.69, 9.17) is 8.92 Å². The van der Waals surface area contributed by atoms with E-state index in [2.05, 4.69) is 4.98 Å². The van der Waals surface area contributed by atoms with E-state index in [1.807, 2.05) is 34.7 Å². The van der Waals surface area contributed by atoms with Crippen LogP contribution in [0.2, 0.25) is 0 Å². The van der Waals surface area contributed by atoms with Crippen molar-refractivity contribution in [1.29, 1.82) is 0 Å². The van der Waals surface area contributed by atoms with Crippen molar-refractivity contribution in [3.8, 4) is 11.5 Å². The summed E-state index contributed by atoms with van der Waals surface area (Å²) in [4.78, 5) is 4.18. The van der Waals surface area contributed by atoms with E-state index < -0.39 is 10.1 Å². The van der Waals surface area contributed by atoms with E-state index in [0.29, 0.717) is 5.52 Å². The number of fused-ring (bicyclic) bond motifs is 1. The van der Waals surface area contributed by atoms with E-state index in [9.17, 15) is 8.42 Å². The van der Waals surface area contributed by atoms with Gasteiger partial charge in [0.1, 0.15) is 16.2 Å². The quantitative estimate of drug-likeness (QED) is 0.457. The summed E-state index contributed by atoms with van der Waals surface area (Å²) in [5.74, 6) is 0.419. The summed E-state index contributed by atoms with van der Waals surface area (Å²) in [6.45, 7) is 0. The van der Waals surface area contributed by atoms with Crippen LogP contribution >= 0.6 is 22.6 Å². The molecule has 0 saturated carbocycles. The fraction of sp³-hybridized carbons (Fsp3) is 0.0625. The largest absolute Gasteiger partial charge is 0.495 e. The van der Waals surface area contributed by atoms with Crippen LogP contribution in [0.15, 0.2) is 59.6 Å². The zero-order valence-corrected chi connectivity index (χ0v) is 15.0. The number of benzene rings is 2. The highest BCUT2D eigenvalue weighted by Gasteiger charge is 2.23. The third kappa shape index (κ3) is 3.25. The van der Waals surface area contributed by atoms with Crippen molar-refractivity contribution in [1.82, 2.24) is 4.98 Å². The van der Waals surface area contributed by atoms with Gasteiger partial charge in [-0.05, 0) is 52.9 Å². The van der Waals surface area contributed by atoms with Crippen molar-refractivity contribution >= 4 is 43.6 Å². The topological polar surface area (TPSA) is 65.5 Å². The second-order valence-corrected chi connectivity index (χ2v) is 7.42. The molecule has 0 aliphatic heterocycles. The van der Waals surface area contributed by atoms with E-state index in [1.54, 1.807) is 36.5 Å². The van der Waals surface area contributed by atoms with Gasteiger partial charge in [0, 0.05) is 15.2 Å². The van der Waals surface area contributed by atoms with Gasteiger partial charge in [-0.25, -0.2) is 0 Å². The summed E-state index contributed by atoms with van der Waals surface area (Å²) in [6, 6.07) is 13.6. The molecule has 0 unspecified atom stereocenters. The molecule has 118 valence electrons. The first-order valence-electron chi connectivity index (χ1n) is 6.63. The molecule has 0 atom stereocenters. The molecule has 0 N–H and O–H groups in total. The maximum atomic E-state index is 12.6. The number of hydrogen-bond donors (Lipinski definition) is 0. The minimum Gasteiger partial charge on any atom is -0.495 e. The minimum atomic E-state index is -4.04. The Morgan fingerprint density at radius 3 is 2.61 bits per heavy atom. The van der Waals surface area contributed by atoms with Crippen LogP contribution < -0.4 is 8.92 Å². The Balaban J connectivity index is 2.09. The maximum Gasteiger partial charge on any atom is 0.343 e. The fourth-order valence-corrected chi connectivity index (χ4v) is 3.98. The summed E-state index contributed by atoms with van der Waals surface area (Å²) in [5, 5.41) is 0.801. The molecule has 0 bridgehead atoms. The van der Waals surface area contributed by atoms with Gasteiger partial charge in [-0.2, -0.15) is 8.42 Å². The predicted octanol–water partition coefficient (Wildman–Crippen LogP) is 3.62. The molecule has 0 aliphatic rings. The number of hydrogen-bond acceptors (Lipinski definition) is 5. The zero-order valence-electron chi connectivity index (χ0n) is 12.1. The van der Waals surface area contributed by atoms with Crippen LogP contribution in [-0.4, -0.2) is 20.5 Å². The lowest BCUT2D eigenvalue weighted by Gasteiger charge is -2.12. The maximum absolute atomic E-state index is 12.6. The Kier molecular flexibility index (Phi) is 4.40. The predicted molar refractivity (Wildman–Crippen MR) is 95.3 cm³/mol. The van der Waals surface area contributed by atoms with E-state index >= 15 is 0 Å². The lowest BCUT2D eigenvalue weighted by atomic mass is 10.2. The Hall–Kier alpha value is -1.87. The average Bonchev–Trinajstić information content (AvgIpc) is 2.55. The third-order valence-electron chi connectivity index (χ3n) is 3.19. The summed E-state index contributed by atoms with van der Waals surface area (Å²) in [5.41, 5.74) is 0.489. The number of nitrogens with zero attached hydrogens (tertiary/aromatic N) is 1. The van der Waals surface area contributed by atoms with Gasteiger partial charge >= 0.3 is 10.1 Å². The molecule has 0 saturated heterocycles. The number of para-hydroxylation sites is 1. The number of pyridine rings is 1. The Labute approximate surface area is 147 Å². The molecule has 1 heterocycles. The van der Waals surface area contributed by atoms with Gasteiger partial charge in [0.05, 0.1) is 7.11 Å². The molecular weight excluding hydrogens is 429 g/mol. The second-order valence-electron chi connectivity index (χ2n) is 4.66. The van der Waals surface area contributed by atoms with Crippen LogP contribution in [0.3, 0.4) is 0 Å².